The molecular weight excluding hydrogens is 232 g/mol. The third-order valence-electron chi connectivity index (χ3n) is 3.64. The van der Waals surface area contributed by atoms with Crippen LogP contribution < -0.4 is 11.1 Å². The minimum atomic E-state index is -0.855. The molecule has 3 N–H and O–H groups in total. The first-order chi connectivity index (χ1) is 8.55. The summed E-state index contributed by atoms with van der Waals surface area (Å²) in [6.45, 7) is 1.76. The molecule has 2 amide bonds. The van der Waals surface area contributed by atoms with Gasteiger partial charge < -0.3 is 15.6 Å². The molecule has 98 valence electrons. The second kappa shape index (κ2) is 4.80. The zero-order valence-electron chi connectivity index (χ0n) is 10.4. The van der Waals surface area contributed by atoms with Crippen molar-refractivity contribution in [1.29, 1.82) is 0 Å². The highest BCUT2D eigenvalue weighted by Crippen LogP contribution is 2.29. The Kier molecular flexibility index (Phi) is 3.36. The summed E-state index contributed by atoms with van der Waals surface area (Å²) < 4.78 is 1.69. The fraction of sp³-hybridized carbons (Fsp3) is 0.583. The Hall–Kier alpha value is -1.85. The summed E-state index contributed by atoms with van der Waals surface area (Å²) in [6, 6.07) is -0.399. The molecule has 1 aliphatic carbocycles. The van der Waals surface area contributed by atoms with Gasteiger partial charge in [0, 0.05) is 12.4 Å². The molecule has 18 heavy (non-hydrogen) atoms. The van der Waals surface area contributed by atoms with E-state index < -0.39 is 17.5 Å². The zero-order chi connectivity index (χ0) is 13.2. The molecule has 0 saturated heterocycles. The van der Waals surface area contributed by atoms with Gasteiger partial charge >= 0.3 is 0 Å². The predicted octanol–water partition coefficient (Wildman–Crippen LogP) is 0.358. The number of nitrogens with zero attached hydrogens (tertiary/aromatic N) is 2. The van der Waals surface area contributed by atoms with Gasteiger partial charge in [0.2, 0.25) is 11.8 Å². The van der Waals surface area contributed by atoms with E-state index in [4.69, 9.17) is 5.73 Å². The number of amides is 2. The molecule has 0 radical (unpaired) electrons. The van der Waals surface area contributed by atoms with Gasteiger partial charge in [0.15, 0.2) is 0 Å². The van der Waals surface area contributed by atoms with Crippen LogP contribution in [0.4, 0.5) is 0 Å². The lowest BCUT2D eigenvalue weighted by atomic mass is 9.96. The molecule has 0 bridgehead atoms. The Bertz CT molecular complexity index is 435. The molecule has 1 saturated carbocycles. The molecule has 0 unspecified atom stereocenters. The Balaban J connectivity index is 2.08. The number of nitrogens with two attached hydrogens (primary N) is 1. The summed E-state index contributed by atoms with van der Waals surface area (Å²) in [5.41, 5.74) is 4.57. The Morgan fingerprint density at radius 3 is 2.61 bits per heavy atom. The van der Waals surface area contributed by atoms with Gasteiger partial charge in [0.1, 0.15) is 11.6 Å². The monoisotopic (exact) mass is 250 g/mol. The molecule has 0 spiro atoms. The standard InChI is InChI=1S/C12H18N4O2/c1-9(16-7-6-14-8-16)10(17)15-12(11(13)18)4-2-3-5-12/h6-9H,2-5H2,1H3,(H2,13,18)(H,15,17)/t9-/m1/s1. The van der Waals surface area contributed by atoms with Crippen molar-refractivity contribution < 1.29 is 9.59 Å². The maximum atomic E-state index is 12.1. The van der Waals surface area contributed by atoms with Crippen molar-refractivity contribution in [1.82, 2.24) is 14.9 Å². The lowest BCUT2D eigenvalue weighted by Gasteiger charge is -2.28. The van der Waals surface area contributed by atoms with Gasteiger partial charge in [-0.1, -0.05) is 12.8 Å². The molecule has 6 nitrogen and oxygen atoms in total. The van der Waals surface area contributed by atoms with E-state index in [0.717, 1.165) is 12.8 Å². The highest BCUT2D eigenvalue weighted by Gasteiger charge is 2.41. The first-order valence-corrected chi connectivity index (χ1v) is 6.14. The van der Waals surface area contributed by atoms with E-state index in [-0.39, 0.29) is 5.91 Å². The average molecular weight is 250 g/mol. The molecule has 2 rings (SSSR count). The normalized spacial score (nSPS) is 19.4. The lowest BCUT2D eigenvalue weighted by Crippen LogP contribution is -2.56. The maximum absolute atomic E-state index is 12.1. The molecule has 1 aromatic rings. The third-order valence-corrected chi connectivity index (χ3v) is 3.64. The Morgan fingerprint density at radius 2 is 2.11 bits per heavy atom. The fourth-order valence-electron chi connectivity index (χ4n) is 2.39. The fourth-order valence-corrected chi connectivity index (χ4v) is 2.39. The van der Waals surface area contributed by atoms with Crippen molar-refractivity contribution in [2.24, 2.45) is 5.73 Å². The molecule has 1 atom stereocenters. The van der Waals surface area contributed by atoms with Crippen LogP contribution in [-0.4, -0.2) is 26.9 Å². The van der Waals surface area contributed by atoms with E-state index in [1.165, 1.54) is 0 Å². The number of rotatable bonds is 4. The molecule has 1 heterocycles. The van der Waals surface area contributed by atoms with E-state index in [1.54, 1.807) is 30.2 Å². The second-order valence-electron chi connectivity index (χ2n) is 4.83. The number of aromatic nitrogens is 2. The summed E-state index contributed by atoms with van der Waals surface area (Å²) >= 11 is 0. The summed E-state index contributed by atoms with van der Waals surface area (Å²) in [4.78, 5) is 27.6. The number of carbonyl (C=O) groups is 2. The number of imidazole rings is 1. The molecule has 0 aliphatic heterocycles. The quantitative estimate of drug-likeness (QED) is 0.808. The third kappa shape index (κ3) is 2.23. The van der Waals surface area contributed by atoms with Crippen molar-refractivity contribution in [3.05, 3.63) is 18.7 Å². The van der Waals surface area contributed by atoms with Gasteiger partial charge in [0.05, 0.1) is 6.33 Å². The van der Waals surface area contributed by atoms with E-state index in [9.17, 15) is 9.59 Å². The Morgan fingerprint density at radius 1 is 1.44 bits per heavy atom. The number of primary amides is 1. The first kappa shape index (κ1) is 12.6. The summed E-state index contributed by atoms with van der Waals surface area (Å²) in [5.74, 6) is -0.639. The highest BCUT2D eigenvalue weighted by molar-refractivity contribution is 5.91. The van der Waals surface area contributed by atoms with E-state index >= 15 is 0 Å². The molecular formula is C12H18N4O2. The minimum absolute atomic E-state index is 0.200. The van der Waals surface area contributed by atoms with Crippen LogP contribution in [-0.2, 0) is 9.59 Å². The van der Waals surface area contributed by atoms with Crippen LogP contribution in [0.5, 0.6) is 0 Å². The van der Waals surface area contributed by atoms with Gasteiger partial charge in [-0.25, -0.2) is 4.98 Å². The predicted molar refractivity (Wildman–Crippen MR) is 65.5 cm³/mol. The van der Waals surface area contributed by atoms with E-state index in [0.29, 0.717) is 12.8 Å². The van der Waals surface area contributed by atoms with Crippen LogP contribution in [0.15, 0.2) is 18.7 Å². The second-order valence-corrected chi connectivity index (χ2v) is 4.83. The summed E-state index contributed by atoms with van der Waals surface area (Å²) in [6.07, 6.45) is 8.01. The van der Waals surface area contributed by atoms with Crippen LogP contribution >= 0.6 is 0 Å². The van der Waals surface area contributed by atoms with Crippen LogP contribution in [0.1, 0.15) is 38.6 Å². The van der Waals surface area contributed by atoms with E-state index in [1.807, 2.05) is 0 Å². The average Bonchev–Trinajstić information content (AvgIpc) is 2.99. The summed E-state index contributed by atoms with van der Waals surface area (Å²) in [5, 5.41) is 2.82. The number of hydrogen-bond donors (Lipinski definition) is 2. The Labute approximate surface area is 106 Å². The van der Waals surface area contributed by atoms with Gasteiger partial charge in [-0.3, -0.25) is 9.59 Å². The van der Waals surface area contributed by atoms with Gasteiger partial charge in [-0.2, -0.15) is 0 Å². The van der Waals surface area contributed by atoms with Crippen molar-refractivity contribution in [3.8, 4) is 0 Å². The van der Waals surface area contributed by atoms with Crippen molar-refractivity contribution in [2.75, 3.05) is 0 Å². The van der Waals surface area contributed by atoms with Crippen molar-refractivity contribution in [3.63, 3.8) is 0 Å². The lowest BCUT2D eigenvalue weighted by molar-refractivity contribution is -0.133. The SMILES string of the molecule is C[C@H](C(=O)NC1(C(N)=O)CCCC1)n1ccnc1. The van der Waals surface area contributed by atoms with Crippen LogP contribution in [0.3, 0.4) is 0 Å². The van der Waals surface area contributed by atoms with Gasteiger partial charge in [-0.05, 0) is 19.8 Å². The van der Waals surface area contributed by atoms with Gasteiger partial charge in [-0.15, -0.1) is 0 Å². The molecule has 1 aliphatic rings. The van der Waals surface area contributed by atoms with Crippen LogP contribution in [0, 0.1) is 0 Å². The number of hydrogen-bond acceptors (Lipinski definition) is 3. The molecule has 6 heteroatoms. The van der Waals surface area contributed by atoms with Crippen LogP contribution in [0.2, 0.25) is 0 Å². The summed E-state index contributed by atoms with van der Waals surface area (Å²) in [7, 11) is 0. The maximum Gasteiger partial charge on any atom is 0.243 e. The largest absolute Gasteiger partial charge is 0.368 e. The highest BCUT2D eigenvalue weighted by atomic mass is 16.2. The van der Waals surface area contributed by atoms with Crippen molar-refractivity contribution >= 4 is 11.8 Å². The molecule has 0 aromatic carbocycles. The van der Waals surface area contributed by atoms with E-state index in [2.05, 4.69) is 10.3 Å². The van der Waals surface area contributed by atoms with Gasteiger partial charge in [0.25, 0.3) is 0 Å². The number of nitrogens with one attached hydrogen (secondary N) is 1. The molecule has 1 aromatic heterocycles. The smallest absolute Gasteiger partial charge is 0.243 e. The molecule has 1 fully saturated rings. The number of carbonyl (C=O) groups excluding carboxylic acids is 2. The van der Waals surface area contributed by atoms with Crippen LogP contribution in [0.25, 0.3) is 0 Å². The first-order valence-electron chi connectivity index (χ1n) is 6.14. The zero-order valence-corrected chi connectivity index (χ0v) is 10.4. The topological polar surface area (TPSA) is 90.0 Å². The minimum Gasteiger partial charge on any atom is -0.368 e. The van der Waals surface area contributed by atoms with Crippen molar-refractivity contribution in [2.45, 2.75) is 44.2 Å².